The fourth-order valence-electron chi connectivity index (χ4n) is 2.28. The molecule has 6 heteroatoms. The fourth-order valence-corrected chi connectivity index (χ4v) is 2.57. The molecule has 2 atom stereocenters. The van der Waals surface area contributed by atoms with Crippen molar-refractivity contribution in [2.45, 2.75) is 44.2 Å². The van der Waals surface area contributed by atoms with Crippen LogP contribution in [0.15, 0.2) is 6.20 Å². The van der Waals surface area contributed by atoms with Crippen LogP contribution in [0.25, 0.3) is 0 Å². The maximum Gasteiger partial charge on any atom is 0.340 e. The van der Waals surface area contributed by atoms with Crippen molar-refractivity contribution in [1.29, 1.82) is 0 Å². The Labute approximate surface area is 104 Å². The van der Waals surface area contributed by atoms with E-state index in [0.717, 1.165) is 25.7 Å². The summed E-state index contributed by atoms with van der Waals surface area (Å²) >= 11 is 5.98. The van der Waals surface area contributed by atoms with Crippen molar-refractivity contribution in [3.63, 3.8) is 0 Å². The van der Waals surface area contributed by atoms with Crippen LogP contribution in [0, 0.1) is 0 Å². The van der Waals surface area contributed by atoms with Crippen LogP contribution >= 0.6 is 11.6 Å². The van der Waals surface area contributed by atoms with Gasteiger partial charge in [0.1, 0.15) is 10.7 Å². The number of halogens is 1. The summed E-state index contributed by atoms with van der Waals surface area (Å²) in [7, 11) is 0. The van der Waals surface area contributed by atoms with Crippen molar-refractivity contribution in [3.05, 3.63) is 16.9 Å². The van der Waals surface area contributed by atoms with Gasteiger partial charge in [0.05, 0.1) is 18.3 Å². The first-order chi connectivity index (χ1) is 8.11. The quantitative estimate of drug-likeness (QED) is 0.797. The largest absolute Gasteiger partial charge is 0.478 e. The molecule has 0 aromatic carbocycles. The third-order valence-electron chi connectivity index (χ3n) is 3.22. The average molecular weight is 259 g/mol. The van der Waals surface area contributed by atoms with Gasteiger partial charge in [0.15, 0.2) is 0 Å². The van der Waals surface area contributed by atoms with Crippen LogP contribution < -0.4 is 0 Å². The van der Waals surface area contributed by atoms with Crippen molar-refractivity contribution >= 4 is 17.6 Å². The Morgan fingerprint density at radius 2 is 2.12 bits per heavy atom. The van der Waals surface area contributed by atoms with Gasteiger partial charge in [-0.05, 0) is 12.8 Å². The first kappa shape index (κ1) is 12.4. The van der Waals surface area contributed by atoms with Crippen molar-refractivity contribution in [1.82, 2.24) is 9.78 Å². The number of aliphatic hydroxyl groups excluding tert-OH is 1. The maximum absolute atomic E-state index is 10.9. The lowest BCUT2D eigenvalue weighted by Gasteiger charge is -2.21. The minimum Gasteiger partial charge on any atom is -0.478 e. The van der Waals surface area contributed by atoms with Crippen LogP contribution in [0.3, 0.4) is 0 Å². The third-order valence-corrected chi connectivity index (χ3v) is 3.60. The molecular weight excluding hydrogens is 244 g/mol. The van der Waals surface area contributed by atoms with E-state index in [4.69, 9.17) is 16.7 Å². The highest BCUT2D eigenvalue weighted by Gasteiger charge is 2.27. The molecule has 2 N–H and O–H groups in total. The van der Waals surface area contributed by atoms with Crippen molar-refractivity contribution in [2.24, 2.45) is 0 Å². The number of carbonyl (C=O) groups is 1. The number of carboxylic acids is 1. The number of aliphatic hydroxyl groups is 1. The molecule has 0 aliphatic heterocycles. The molecule has 1 fully saturated rings. The Hall–Kier alpha value is -1.07. The van der Waals surface area contributed by atoms with Crippen LogP contribution in [0.4, 0.5) is 0 Å². The smallest absolute Gasteiger partial charge is 0.340 e. The zero-order valence-electron chi connectivity index (χ0n) is 9.34. The molecule has 94 valence electrons. The van der Waals surface area contributed by atoms with Gasteiger partial charge < -0.3 is 10.2 Å². The van der Waals surface area contributed by atoms with E-state index in [1.54, 1.807) is 0 Å². The molecule has 2 unspecified atom stereocenters. The van der Waals surface area contributed by atoms with Crippen molar-refractivity contribution in [2.75, 3.05) is 0 Å². The molecule has 0 saturated heterocycles. The Kier molecular flexibility index (Phi) is 3.69. The molecule has 0 radical (unpaired) electrons. The highest BCUT2D eigenvalue weighted by atomic mass is 35.5. The SMILES string of the molecule is O=C(O)c1cnn(C2CCCCCC2O)c1Cl. The number of rotatable bonds is 2. The highest BCUT2D eigenvalue weighted by Crippen LogP contribution is 2.30. The van der Waals surface area contributed by atoms with Gasteiger partial charge in [-0.1, -0.05) is 30.9 Å². The maximum atomic E-state index is 10.9. The zero-order chi connectivity index (χ0) is 12.4. The van der Waals surface area contributed by atoms with E-state index < -0.39 is 12.1 Å². The number of hydrogen-bond donors (Lipinski definition) is 2. The van der Waals surface area contributed by atoms with Crippen LogP contribution in [0.1, 0.15) is 48.5 Å². The van der Waals surface area contributed by atoms with Crippen molar-refractivity contribution < 1.29 is 15.0 Å². The number of nitrogens with zero attached hydrogens (tertiary/aromatic N) is 2. The van der Waals surface area contributed by atoms with E-state index in [2.05, 4.69) is 5.10 Å². The molecule has 1 aromatic heterocycles. The lowest BCUT2D eigenvalue weighted by atomic mass is 10.1. The van der Waals surface area contributed by atoms with Crippen LogP contribution in [0.2, 0.25) is 5.15 Å². The highest BCUT2D eigenvalue weighted by molar-refractivity contribution is 6.32. The molecule has 2 rings (SSSR count). The molecule has 1 aromatic rings. The molecular formula is C11H15ClN2O3. The normalized spacial score (nSPS) is 25.5. The van der Waals surface area contributed by atoms with Gasteiger partial charge in [-0.15, -0.1) is 0 Å². The topological polar surface area (TPSA) is 75.3 Å². The second-order valence-corrected chi connectivity index (χ2v) is 4.73. The van der Waals surface area contributed by atoms with Crippen molar-refractivity contribution in [3.8, 4) is 0 Å². The minimum atomic E-state index is -1.09. The Morgan fingerprint density at radius 3 is 2.76 bits per heavy atom. The number of hydrogen-bond acceptors (Lipinski definition) is 3. The van der Waals surface area contributed by atoms with E-state index in [-0.39, 0.29) is 16.8 Å². The fraction of sp³-hybridized carbons (Fsp3) is 0.636. The summed E-state index contributed by atoms with van der Waals surface area (Å²) in [5, 5.41) is 23.0. The lowest BCUT2D eigenvalue weighted by molar-refractivity contribution is 0.0695. The summed E-state index contributed by atoms with van der Waals surface area (Å²) in [5.74, 6) is -1.09. The van der Waals surface area contributed by atoms with Crippen LogP contribution in [0.5, 0.6) is 0 Å². The third kappa shape index (κ3) is 2.45. The first-order valence-electron chi connectivity index (χ1n) is 5.75. The van der Waals surface area contributed by atoms with Gasteiger partial charge in [0.2, 0.25) is 0 Å². The summed E-state index contributed by atoms with van der Waals surface area (Å²) in [5.41, 5.74) is -0.0110. The van der Waals surface area contributed by atoms with E-state index in [1.165, 1.54) is 10.9 Å². The number of aromatic carboxylic acids is 1. The summed E-state index contributed by atoms with van der Waals surface area (Å²) in [4.78, 5) is 10.9. The number of carboxylic acid groups (broad SMARTS) is 1. The molecule has 1 aliphatic carbocycles. The van der Waals surface area contributed by atoms with Gasteiger partial charge in [-0.2, -0.15) is 5.10 Å². The average Bonchev–Trinajstić information content (AvgIpc) is 2.52. The van der Waals surface area contributed by atoms with Gasteiger partial charge >= 0.3 is 5.97 Å². The van der Waals surface area contributed by atoms with Gasteiger partial charge in [-0.3, -0.25) is 0 Å². The Bertz CT molecular complexity index is 419. The summed E-state index contributed by atoms with van der Waals surface area (Å²) in [6.45, 7) is 0. The first-order valence-corrected chi connectivity index (χ1v) is 6.13. The van der Waals surface area contributed by atoms with Crippen LogP contribution in [-0.2, 0) is 0 Å². The zero-order valence-corrected chi connectivity index (χ0v) is 10.1. The second kappa shape index (κ2) is 5.06. The summed E-state index contributed by atoms with van der Waals surface area (Å²) < 4.78 is 1.45. The van der Waals surface area contributed by atoms with E-state index >= 15 is 0 Å². The molecule has 0 amide bonds. The molecule has 17 heavy (non-hydrogen) atoms. The summed E-state index contributed by atoms with van der Waals surface area (Å²) in [6.07, 6.45) is 5.30. The number of aromatic nitrogens is 2. The van der Waals surface area contributed by atoms with Gasteiger partial charge in [-0.25, -0.2) is 9.48 Å². The predicted molar refractivity (Wildman–Crippen MR) is 62.3 cm³/mol. The lowest BCUT2D eigenvalue weighted by Crippen LogP contribution is -2.24. The Morgan fingerprint density at radius 1 is 1.41 bits per heavy atom. The molecule has 1 saturated carbocycles. The minimum absolute atomic E-state index is 0.0110. The second-order valence-electron chi connectivity index (χ2n) is 4.37. The molecule has 5 nitrogen and oxygen atoms in total. The van der Waals surface area contributed by atoms with Crippen LogP contribution in [-0.4, -0.2) is 32.1 Å². The van der Waals surface area contributed by atoms with E-state index in [9.17, 15) is 9.90 Å². The Balaban J connectivity index is 2.29. The summed E-state index contributed by atoms with van der Waals surface area (Å²) in [6, 6.07) is -0.210. The molecule has 1 heterocycles. The molecule has 0 spiro atoms. The monoisotopic (exact) mass is 258 g/mol. The molecule has 1 aliphatic rings. The predicted octanol–water partition coefficient (Wildman–Crippen LogP) is 2.10. The standard InChI is InChI=1S/C11H15ClN2O3/c12-10-7(11(16)17)6-13-14(10)8-4-2-1-3-5-9(8)15/h6,8-9,15H,1-5H2,(H,16,17). The van der Waals surface area contributed by atoms with E-state index in [0.29, 0.717) is 6.42 Å². The van der Waals surface area contributed by atoms with E-state index in [1.807, 2.05) is 0 Å². The van der Waals surface area contributed by atoms with Gasteiger partial charge in [0.25, 0.3) is 0 Å². The molecule has 0 bridgehead atoms. The van der Waals surface area contributed by atoms with Gasteiger partial charge in [0, 0.05) is 0 Å².